The maximum Gasteiger partial charge on any atom is 0.356 e. The maximum absolute atomic E-state index is 12.3. The van der Waals surface area contributed by atoms with Gasteiger partial charge in [0.05, 0.1) is 5.31 Å². The molecule has 0 bridgehead atoms. The number of hydrogen-bond acceptors (Lipinski definition) is 2. The van der Waals surface area contributed by atoms with Crippen LogP contribution in [0.5, 0.6) is 0 Å². The predicted octanol–water partition coefficient (Wildman–Crippen LogP) is 4.90. The summed E-state index contributed by atoms with van der Waals surface area (Å²) in [6.45, 7) is 0. The first kappa shape index (κ1) is 17.7. The molecule has 2 N–H and O–H groups in total. The highest BCUT2D eigenvalue weighted by atomic mass is 31.2. The van der Waals surface area contributed by atoms with Crippen LogP contribution in [-0.2, 0) is 14.9 Å². The summed E-state index contributed by atoms with van der Waals surface area (Å²) < 4.78 is 18.8. The van der Waals surface area contributed by atoms with Crippen LogP contribution in [0.15, 0.2) is 96.3 Å². The molecule has 1 heterocycles. The number of rotatable bonds is 4. The zero-order valence-corrected chi connectivity index (χ0v) is 15.4. The molecule has 3 aromatic carbocycles. The van der Waals surface area contributed by atoms with E-state index in [0.717, 1.165) is 11.1 Å². The van der Waals surface area contributed by atoms with Crippen LogP contribution in [0.25, 0.3) is 5.76 Å². The Morgan fingerprint density at radius 2 is 1.19 bits per heavy atom. The summed E-state index contributed by atoms with van der Waals surface area (Å²) in [5.74, 6) is 0.261. The summed E-state index contributed by atoms with van der Waals surface area (Å²) >= 11 is 0. The van der Waals surface area contributed by atoms with Gasteiger partial charge in [-0.15, -0.1) is 0 Å². The minimum Gasteiger partial charge on any atom is -0.476 e. The normalized spacial score (nSPS) is 16.2. The molecule has 0 fully saturated rings. The fourth-order valence-electron chi connectivity index (χ4n) is 3.54. The van der Waals surface area contributed by atoms with Crippen molar-refractivity contribution >= 4 is 13.4 Å². The van der Waals surface area contributed by atoms with Crippen LogP contribution in [0.2, 0.25) is 0 Å². The first-order valence-electron chi connectivity index (χ1n) is 8.65. The van der Waals surface area contributed by atoms with Crippen LogP contribution < -0.4 is 0 Å². The Morgan fingerprint density at radius 3 is 1.63 bits per heavy atom. The molecule has 0 amide bonds. The lowest BCUT2D eigenvalue weighted by atomic mass is 9.84. The second kappa shape index (κ2) is 6.82. The molecule has 136 valence electrons. The van der Waals surface area contributed by atoms with E-state index in [1.165, 1.54) is 0 Å². The minimum absolute atomic E-state index is 0.0291. The summed E-state index contributed by atoms with van der Waals surface area (Å²) in [5.41, 5.74) is 1.38. The lowest BCUT2D eigenvalue weighted by Gasteiger charge is -2.31. The van der Waals surface area contributed by atoms with Gasteiger partial charge >= 0.3 is 7.60 Å². The molecule has 27 heavy (non-hydrogen) atoms. The second-order valence-corrected chi connectivity index (χ2v) is 8.15. The molecule has 0 unspecified atom stereocenters. The van der Waals surface area contributed by atoms with Crippen molar-refractivity contribution in [2.75, 3.05) is 0 Å². The van der Waals surface area contributed by atoms with E-state index in [1.807, 2.05) is 78.9 Å². The number of ether oxygens (including phenoxy) is 1. The fraction of sp³-hybridized carbons (Fsp3) is 0.0909. The van der Waals surface area contributed by atoms with Gasteiger partial charge in [0.2, 0.25) is 0 Å². The van der Waals surface area contributed by atoms with Crippen molar-refractivity contribution in [2.24, 2.45) is 0 Å². The van der Waals surface area contributed by atoms with Crippen molar-refractivity contribution in [2.45, 2.75) is 12.0 Å². The molecule has 0 saturated carbocycles. The van der Waals surface area contributed by atoms with Gasteiger partial charge < -0.3 is 14.5 Å². The van der Waals surface area contributed by atoms with Crippen LogP contribution in [-0.4, -0.2) is 9.79 Å². The molecular formula is C22H19O4P. The second-order valence-electron chi connectivity index (χ2n) is 6.52. The molecule has 4 nitrogen and oxygen atoms in total. The van der Waals surface area contributed by atoms with Gasteiger partial charge in [0.1, 0.15) is 5.76 Å². The van der Waals surface area contributed by atoms with Crippen molar-refractivity contribution in [3.8, 4) is 0 Å². The molecular weight excluding hydrogens is 359 g/mol. The van der Waals surface area contributed by atoms with E-state index in [1.54, 1.807) is 12.1 Å². The topological polar surface area (TPSA) is 66.8 Å². The largest absolute Gasteiger partial charge is 0.476 e. The highest BCUT2D eigenvalue weighted by Crippen LogP contribution is 2.61. The van der Waals surface area contributed by atoms with Crippen LogP contribution in [0.4, 0.5) is 0 Å². The zero-order valence-electron chi connectivity index (χ0n) is 14.5. The van der Waals surface area contributed by atoms with Gasteiger partial charge in [0.15, 0.2) is 5.60 Å². The molecule has 0 spiro atoms. The van der Waals surface area contributed by atoms with Crippen LogP contribution in [0.3, 0.4) is 0 Å². The third-order valence-corrected chi connectivity index (χ3v) is 5.89. The lowest BCUT2D eigenvalue weighted by Crippen LogP contribution is -2.27. The fourth-order valence-corrected chi connectivity index (χ4v) is 4.41. The maximum atomic E-state index is 12.3. The van der Waals surface area contributed by atoms with Gasteiger partial charge in [0, 0.05) is 23.1 Å². The Hall–Kier alpha value is -2.65. The van der Waals surface area contributed by atoms with E-state index in [2.05, 4.69) is 0 Å². The Labute approximate surface area is 157 Å². The average Bonchev–Trinajstić information content (AvgIpc) is 3.13. The highest BCUT2D eigenvalue weighted by Gasteiger charge is 2.48. The van der Waals surface area contributed by atoms with E-state index >= 15 is 0 Å². The van der Waals surface area contributed by atoms with E-state index in [4.69, 9.17) is 4.74 Å². The Kier molecular flexibility index (Phi) is 4.48. The van der Waals surface area contributed by atoms with Crippen molar-refractivity contribution in [1.29, 1.82) is 0 Å². The van der Waals surface area contributed by atoms with E-state index in [-0.39, 0.29) is 17.5 Å². The van der Waals surface area contributed by atoms with Gasteiger partial charge in [-0.3, -0.25) is 4.57 Å². The van der Waals surface area contributed by atoms with Crippen LogP contribution in [0.1, 0.15) is 23.1 Å². The Bertz CT molecular complexity index is 968. The monoisotopic (exact) mass is 378 g/mol. The number of hydrogen-bond donors (Lipinski definition) is 2. The minimum atomic E-state index is -4.50. The molecule has 1 aliphatic heterocycles. The van der Waals surface area contributed by atoms with Crippen molar-refractivity contribution in [3.63, 3.8) is 0 Å². The van der Waals surface area contributed by atoms with Gasteiger partial charge in [-0.05, 0) is 0 Å². The smallest absolute Gasteiger partial charge is 0.356 e. The molecule has 0 atom stereocenters. The molecule has 5 heteroatoms. The van der Waals surface area contributed by atoms with Crippen LogP contribution >= 0.6 is 7.60 Å². The van der Waals surface area contributed by atoms with Gasteiger partial charge in [0.25, 0.3) is 0 Å². The third-order valence-electron chi connectivity index (χ3n) is 4.82. The van der Waals surface area contributed by atoms with Gasteiger partial charge in [-0.25, -0.2) is 0 Å². The lowest BCUT2D eigenvalue weighted by molar-refractivity contribution is 0.101. The average molecular weight is 378 g/mol. The van der Waals surface area contributed by atoms with E-state index < -0.39 is 13.2 Å². The summed E-state index contributed by atoms with van der Waals surface area (Å²) in [5, 5.41) is 0.0291. The van der Waals surface area contributed by atoms with Crippen molar-refractivity contribution in [3.05, 3.63) is 113 Å². The summed E-state index contributed by atoms with van der Waals surface area (Å²) in [6.07, 6.45) is 0.0928. The summed E-state index contributed by atoms with van der Waals surface area (Å²) in [7, 11) is -4.50. The van der Waals surface area contributed by atoms with Gasteiger partial charge in [-0.2, -0.15) is 0 Å². The molecule has 0 aliphatic carbocycles. The van der Waals surface area contributed by atoms with Crippen molar-refractivity contribution < 1.29 is 19.1 Å². The predicted molar refractivity (Wildman–Crippen MR) is 105 cm³/mol. The summed E-state index contributed by atoms with van der Waals surface area (Å²) in [4.78, 5) is 20.1. The number of benzene rings is 3. The quantitative estimate of drug-likeness (QED) is 0.634. The Morgan fingerprint density at radius 1 is 0.741 bits per heavy atom. The molecule has 4 rings (SSSR count). The Balaban J connectivity index is 1.93. The highest BCUT2D eigenvalue weighted by molar-refractivity contribution is 7.56. The molecule has 3 aromatic rings. The van der Waals surface area contributed by atoms with Crippen LogP contribution in [0, 0.1) is 0 Å². The summed E-state index contributed by atoms with van der Waals surface area (Å²) in [6, 6.07) is 28.3. The molecule has 1 aliphatic rings. The first-order chi connectivity index (χ1) is 13.0. The molecule has 0 saturated heterocycles. The SMILES string of the molecule is O=P(O)(O)C1=C(c2ccccc2)OC(c2ccccc2)(c2ccccc2)C1. The van der Waals surface area contributed by atoms with Gasteiger partial charge in [-0.1, -0.05) is 91.0 Å². The third kappa shape index (κ3) is 3.24. The first-order valence-corrected chi connectivity index (χ1v) is 10.3. The standard InChI is InChI=1S/C22H19O4P/c23-27(24,25)20-16-22(18-12-6-2-7-13-18,19-14-8-3-9-15-19)26-21(20)17-10-4-1-5-11-17/h1-15H,16H2,(H2,23,24,25). The van der Waals surface area contributed by atoms with Crippen molar-refractivity contribution in [1.82, 2.24) is 0 Å². The molecule has 0 aromatic heterocycles. The van der Waals surface area contributed by atoms with E-state index in [9.17, 15) is 14.4 Å². The molecule has 0 radical (unpaired) electrons. The zero-order chi connectivity index (χ0) is 18.9. The van der Waals surface area contributed by atoms with E-state index in [0.29, 0.717) is 5.56 Å².